The first-order valence-electron chi connectivity index (χ1n) is 7.62. The van der Waals surface area contributed by atoms with Crippen molar-refractivity contribution in [2.75, 3.05) is 5.32 Å². The van der Waals surface area contributed by atoms with Crippen LogP contribution in [0.5, 0.6) is 0 Å². The second-order valence-corrected chi connectivity index (χ2v) is 6.18. The van der Waals surface area contributed by atoms with E-state index < -0.39 is 0 Å². The molecule has 0 aliphatic heterocycles. The largest absolute Gasteiger partial charge is 0.351 e. The second-order valence-electron chi connectivity index (χ2n) is 6.18. The van der Waals surface area contributed by atoms with E-state index in [1.807, 2.05) is 21.6 Å². The first-order chi connectivity index (χ1) is 10.5. The van der Waals surface area contributed by atoms with Gasteiger partial charge in [0.25, 0.3) is 0 Å². The third-order valence-corrected chi connectivity index (χ3v) is 3.55. The van der Waals surface area contributed by atoms with Gasteiger partial charge in [-0.2, -0.15) is 5.10 Å². The molecule has 0 saturated carbocycles. The van der Waals surface area contributed by atoms with Crippen LogP contribution < -0.4 is 5.32 Å². The maximum atomic E-state index is 4.57. The Morgan fingerprint density at radius 3 is 2.55 bits per heavy atom. The average molecular weight is 298 g/mol. The molecular formula is C16H22N6. The van der Waals surface area contributed by atoms with Crippen LogP contribution in [0.25, 0.3) is 16.6 Å². The van der Waals surface area contributed by atoms with Crippen LogP contribution in [-0.2, 0) is 0 Å². The van der Waals surface area contributed by atoms with Crippen LogP contribution in [0.15, 0.2) is 24.7 Å². The highest BCUT2D eigenvalue weighted by molar-refractivity contribution is 5.80. The lowest BCUT2D eigenvalue weighted by molar-refractivity contribution is 0.532. The van der Waals surface area contributed by atoms with Gasteiger partial charge in [-0.3, -0.25) is 4.68 Å². The van der Waals surface area contributed by atoms with Gasteiger partial charge in [0.05, 0.1) is 17.9 Å². The fourth-order valence-corrected chi connectivity index (χ4v) is 2.46. The minimum atomic E-state index is 0.303. The Hall–Kier alpha value is -2.37. The Morgan fingerprint density at radius 1 is 1.14 bits per heavy atom. The summed E-state index contributed by atoms with van der Waals surface area (Å²) in [6.45, 7) is 10.4. The molecule has 6 nitrogen and oxygen atoms in total. The minimum absolute atomic E-state index is 0.303. The number of hydrogen-bond donors (Lipinski definition) is 1. The fraction of sp³-hybridized carbons (Fsp3) is 0.438. The van der Waals surface area contributed by atoms with E-state index in [-0.39, 0.29) is 0 Å². The van der Waals surface area contributed by atoms with E-state index in [0.29, 0.717) is 18.0 Å². The van der Waals surface area contributed by atoms with Crippen molar-refractivity contribution in [3.63, 3.8) is 0 Å². The van der Waals surface area contributed by atoms with Crippen LogP contribution in [-0.4, -0.2) is 30.4 Å². The lowest BCUT2D eigenvalue weighted by atomic mass is 10.1. The molecule has 0 atom stereocenters. The lowest BCUT2D eigenvalue weighted by Crippen LogP contribution is -2.14. The molecule has 0 aromatic carbocycles. The topological polar surface area (TPSA) is 60.0 Å². The quantitative estimate of drug-likeness (QED) is 0.803. The highest BCUT2D eigenvalue weighted by Crippen LogP contribution is 2.27. The van der Waals surface area contributed by atoms with Gasteiger partial charge >= 0.3 is 0 Å². The molecule has 0 fully saturated rings. The van der Waals surface area contributed by atoms with Crippen molar-refractivity contribution in [1.29, 1.82) is 0 Å². The summed E-state index contributed by atoms with van der Waals surface area (Å²) in [6.07, 6.45) is 5.83. The number of aromatic nitrogens is 5. The zero-order valence-electron chi connectivity index (χ0n) is 13.7. The highest BCUT2D eigenvalue weighted by Gasteiger charge is 2.13. The van der Waals surface area contributed by atoms with E-state index in [0.717, 1.165) is 22.3 Å². The van der Waals surface area contributed by atoms with Gasteiger partial charge in [0.15, 0.2) is 0 Å². The number of rotatable bonds is 4. The summed E-state index contributed by atoms with van der Waals surface area (Å²) in [5.41, 5.74) is 4.28. The van der Waals surface area contributed by atoms with Gasteiger partial charge in [0.2, 0.25) is 5.95 Å². The molecule has 3 aromatic heterocycles. The fourth-order valence-electron chi connectivity index (χ4n) is 2.46. The van der Waals surface area contributed by atoms with Crippen molar-refractivity contribution in [2.45, 2.75) is 46.7 Å². The van der Waals surface area contributed by atoms with Gasteiger partial charge in [0, 0.05) is 35.1 Å². The third kappa shape index (κ3) is 2.56. The van der Waals surface area contributed by atoms with Crippen LogP contribution in [0.3, 0.4) is 0 Å². The third-order valence-electron chi connectivity index (χ3n) is 3.55. The predicted octanol–water partition coefficient (Wildman–Crippen LogP) is 3.30. The van der Waals surface area contributed by atoms with Crippen molar-refractivity contribution < 1.29 is 0 Å². The van der Waals surface area contributed by atoms with Crippen molar-refractivity contribution in [2.24, 2.45) is 0 Å². The Balaban J connectivity index is 2.07. The van der Waals surface area contributed by atoms with Crippen molar-refractivity contribution in [1.82, 2.24) is 24.4 Å². The zero-order valence-corrected chi connectivity index (χ0v) is 13.7. The van der Waals surface area contributed by atoms with Crippen LogP contribution in [0, 0.1) is 6.92 Å². The molecule has 0 spiro atoms. The Kier molecular flexibility index (Phi) is 3.60. The first-order valence-corrected chi connectivity index (χ1v) is 7.62. The van der Waals surface area contributed by atoms with E-state index in [9.17, 15) is 0 Å². The van der Waals surface area contributed by atoms with E-state index in [2.05, 4.69) is 67.4 Å². The summed E-state index contributed by atoms with van der Waals surface area (Å²) < 4.78 is 3.89. The molecule has 3 rings (SSSR count). The number of hydrogen-bond acceptors (Lipinski definition) is 4. The van der Waals surface area contributed by atoms with Crippen LogP contribution in [0.1, 0.15) is 39.4 Å². The highest BCUT2D eigenvalue weighted by atomic mass is 15.3. The molecule has 0 radical (unpaired) electrons. The second kappa shape index (κ2) is 5.44. The number of fused-ring (bicyclic) bond motifs is 1. The number of aryl methyl sites for hydroxylation is 1. The van der Waals surface area contributed by atoms with Crippen LogP contribution in [0.4, 0.5) is 5.95 Å². The summed E-state index contributed by atoms with van der Waals surface area (Å²) in [4.78, 5) is 4.42. The Morgan fingerprint density at radius 2 is 1.91 bits per heavy atom. The summed E-state index contributed by atoms with van der Waals surface area (Å²) in [5, 5.41) is 12.2. The maximum absolute atomic E-state index is 4.57. The molecule has 1 N–H and O–H groups in total. The van der Waals surface area contributed by atoms with Crippen LogP contribution in [0.2, 0.25) is 0 Å². The van der Waals surface area contributed by atoms with Gasteiger partial charge in [0.1, 0.15) is 0 Å². The minimum Gasteiger partial charge on any atom is -0.351 e. The number of anilines is 1. The summed E-state index contributed by atoms with van der Waals surface area (Å²) in [7, 11) is 0. The Labute approximate surface area is 130 Å². The zero-order chi connectivity index (χ0) is 15.9. The summed E-state index contributed by atoms with van der Waals surface area (Å²) >= 11 is 0. The van der Waals surface area contributed by atoms with E-state index in [4.69, 9.17) is 0 Å². The van der Waals surface area contributed by atoms with Crippen molar-refractivity contribution >= 4 is 11.5 Å². The monoisotopic (exact) mass is 298 g/mol. The molecule has 3 heterocycles. The van der Waals surface area contributed by atoms with Crippen molar-refractivity contribution in [3.8, 4) is 11.1 Å². The first kappa shape index (κ1) is 14.6. The molecule has 3 aromatic rings. The van der Waals surface area contributed by atoms with Gasteiger partial charge in [-0.1, -0.05) is 0 Å². The van der Waals surface area contributed by atoms with Gasteiger partial charge in [-0.05, 0) is 40.7 Å². The molecule has 116 valence electrons. The van der Waals surface area contributed by atoms with Crippen LogP contribution >= 0.6 is 0 Å². The smallest absolute Gasteiger partial charge is 0.241 e. The molecule has 6 heteroatoms. The Bertz CT molecular complexity index is 796. The van der Waals surface area contributed by atoms with Gasteiger partial charge in [-0.15, -0.1) is 5.10 Å². The normalized spacial score (nSPS) is 11.8. The lowest BCUT2D eigenvalue weighted by Gasteiger charge is -2.08. The molecule has 22 heavy (non-hydrogen) atoms. The van der Waals surface area contributed by atoms with Gasteiger partial charge < -0.3 is 5.32 Å². The molecule has 0 saturated heterocycles. The molecule has 0 unspecified atom stereocenters. The van der Waals surface area contributed by atoms with Gasteiger partial charge in [-0.25, -0.2) is 9.50 Å². The summed E-state index contributed by atoms with van der Waals surface area (Å²) in [6, 6.07) is 2.78. The van der Waals surface area contributed by atoms with E-state index in [1.54, 1.807) is 0 Å². The SMILES string of the molecule is Cc1cc(-c2cnn(C(C)C)c2)c2cnc(NC(C)C)nn12. The standard InChI is InChI=1S/C16H22N6/c1-10(2)19-16-17-8-15-14(6-12(5)22(15)20-16)13-7-18-21(9-13)11(3)4/h6-11H,1-5H3,(H,19,20). The predicted molar refractivity (Wildman–Crippen MR) is 88.1 cm³/mol. The van der Waals surface area contributed by atoms with Crippen molar-refractivity contribution in [3.05, 3.63) is 30.4 Å². The average Bonchev–Trinajstić information content (AvgIpc) is 3.04. The summed E-state index contributed by atoms with van der Waals surface area (Å²) in [5.74, 6) is 0.644. The maximum Gasteiger partial charge on any atom is 0.241 e. The molecular weight excluding hydrogens is 276 g/mol. The van der Waals surface area contributed by atoms with E-state index in [1.165, 1.54) is 0 Å². The number of nitrogens with one attached hydrogen (secondary N) is 1. The molecule has 0 aliphatic rings. The molecule has 0 bridgehead atoms. The van der Waals surface area contributed by atoms with E-state index >= 15 is 0 Å². The number of nitrogens with zero attached hydrogens (tertiary/aromatic N) is 5. The molecule has 0 aliphatic carbocycles. The molecule has 0 amide bonds.